The number of aliphatic carboxylic acids is 1. The van der Waals surface area contributed by atoms with Gasteiger partial charge >= 0.3 is 11.7 Å². The number of hydrogen-bond acceptors (Lipinski definition) is 8. The smallest absolute Gasteiger partial charge is 0.372 e. The number of aromatic nitrogens is 2. The van der Waals surface area contributed by atoms with Gasteiger partial charge in [-0.25, -0.2) is 9.78 Å². The minimum Gasteiger partial charge on any atom is -0.480 e. The zero-order chi connectivity index (χ0) is 15.1. The predicted octanol–water partition coefficient (Wildman–Crippen LogP) is 0.295. The van der Waals surface area contributed by atoms with Crippen LogP contribution >= 0.6 is 0 Å². The number of carboxylic acid groups (broad SMARTS) is 1. The van der Waals surface area contributed by atoms with Crippen LogP contribution in [0.3, 0.4) is 0 Å². The van der Waals surface area contributed by atoms with Crippen molar-refractivity contribution in [1.82, 2.24) is 9.97 Å². The zero-order valence-corrected chi connectivity index (χ0v) is 10.9. The molecular formula is C10H14N4O6. The Morgan fingerprint density at radius 1 is 1.55 bits per heavy atom. The number of carboxylic acids is 1. The molecule has 20 heavy (non-hydrogen) atoms. The van der Waals surface area contributed by atoms with Crippen LogP contribution in [0.5, 0.6) is 5.88 Å². The van der Waals surface area contributed by atoms with Gasteiger partial charge in [0.25, 0.3) is 5.88 Å². The van der Waals surface area contributed by atoms with Gasteiger partial charge in [-0.05, 0) is 0 Å². The lowest BCUT2D eigenvalue weighted by Gasteiger charge is -2.14. The molecule has 0 amide bonds. The van der Waals surface area contributed by atoms with E-state index in [1.165, 1.54) is 14.2 Å². The van der Waals surface area contributed by atoms with E-state index in [1.807, 2.05) is 0 Å². The van der Waals surface area contributed by atoms with Gasteiger partial charge in [-0.1, -0.05) is 0 Å². The van der Waals surface area contributed by atoms with E-state index in [0.29, 0.717) is 0 Å². The van der Waals surface area contributed by atoms with Crippen LogP contribution in [0.15, 0.2) is 6.33 Å². The summed E-state index contributed by atoms with van der Waals surface area (Å²) in [5, 5.41) is 22.5. The molecule has 1 rings (SSSR count). The van der Waals surface area contributed by atoms with Crippen molar-refractivity contribution in [2.45, 2.75) is 12.5 Å². The molecule has 1 aromatic rings. The van der Waals surface area contributed by atoms with Crippen molar-refractivity contribution in [3.63, 3.8) is 0 Å². The highest BCUT2D eigenvalue weighted by molar-refractivity contribution is 5.78. The van der Waals surface area contributed by atoms with Crippen molar-refractivity contribution < 1.29 is 24.3 Å². The minimum absolute atomic E-state index is 0.120. The van der Waals surface area contributed by atoms with E-state index in [2.05, 4.69) is 15.3 Å². The molecule has 10 nitrogen and oxygen atoms in total. The number of nitrogens with one attached hydrogen (secondary N) is 1. The molecule has 1 aromatic heterocycles. The van der Waals surface area contributed by atoms with Crippen LogP contribution in [0.4, 0.5) is 11.5 Å². The topological polar surface area (TPSA) is 137 Å². The molecule has 0 aromatic carbocycles. The molecule has 110 valence electrons. The molecule has 0 aliphatic heterocycles. The molecule has 1 atom stereocenters. The fourth-order valence-corrected chi connectivity index (χ4v) is 1.44. The fourth-order valence-electron chi connectivity index (χ4n) is 1.44. The first-order valence-corrected chi connectivity index (χ1v) is 5.52. The molecule has 10 heteroatoms. The van der Waals surface area contributed by atoms with E-state index < -0.39 is 22.6 Å². The molecule has 0 aliphatic carbocycles. The number of ether oxygens (including phenoxy) is 2. The van der Waals surface area contributed by atoms with E-state index in [9.17, 15) is 14.9 Å². The molecule has 2 N–H and O–H groups in total. The lowest BCUT2D eigenvalue weighted by Crippen LogP contribution is -2.31. The predicted molar refractivity (Wildman–Crippen MR) is 66.8 cm³/mol. The summed E-state index contributed by atoms with van der Waals surface area (Å²) in [5.41, 5.74) is -0.515. The van der Waals surface area contributed by atoms with Crippen LogP contribution in [0.1, 0.15) is 6.42 Å². The molecule has 0 aliphatic rings. The van der Waals surface area contributed by atoms with Gasteiger partial charge < -0.3 is 19.9 Å². The van der Waals surface area contributed by atoms with Crippen molar-refractivity contribution in [1.29, 1.82) is 0 Å². The third kappa shape index (κ3) is 3.75. The van der Waals surface area contributed by atoms with Crippen LogP contribution in [-0.4, -0.2) is 52.8 Å². The van der Waals surface area contributed by atoms with E-state index in [0.717, 1.165) is 6.33 Å². The zero-order valence-electron chi connectivity index (χ0n) is 10.9. The fraction of sp³-hybridized carbons (Fsp3) is 0.500. The van der Waals surface area contributed by atoms with Gasteiger partial charge in [0.15, 0.2) is 0 Å². The molecule has 1 unspecified atom stereocenters. The molecule has 0 bridgehead atoms. The Morgan fingerprint density at radius 3 is 2.75 bits per heavy atom. The number of anilines is 1. The van der Waals surface area contributed by atoms with Gasteiger partial charge in [0.05, 0.1) is 12.0 Å². The normalized spacial score (nSPS) is 11.7. The third-order valence-electron chi connectivity index (χ3n) is 2.38. The average molecular weight is 286 g/mol. The second kappa shape index (κ2) is 7.19. The maximum Gasteiger partial charge on any atom is 0.372 e. The van der Waals surface area contributed by atoms with Gasteiger partial charge in [-0.2, -0.15) is 4.98 Å². The Labute approximate surface area is 113 Å². The van der Waals surface area contributed by atoms with E-state index in [1.54, 1.807) is 0 Å². The highest BCUT2D eigenvalue weighted by Gasteiger charge is 2.27. The third-order valence-corrected chi connectivity index (χ3v) is 2.38. The van der Waals surface area contributed by atoms with Gasteiger partial charge in [0.2, 0.25) is 5.82 Å². The molecule has 1 heterocycles. The first-order chi connectivity index (χ1) is 9.51. The monoisotopic (exact) mass is 286 g/mol. The maximum absolute atomic E-state index is 11.1. The Balaban J connectivity index is 3.05. The summed E-state index contributed by atoms with van der Waals surface area (Å²) in [5.74, 6) is -1.64. The summed E-state index contributed by atoms with van der Waals surface area (Å²) in [6.45, 7) is 0.181. The number of rotatable bonds is 8. The summed E-state index contributed by atoms with van der Waals surface area (Å²) < 4.78 is 9.55. The maximum atomic E-state index is 11.1. The van der Waals surface area contributed by atoms with Gasteiger partial charge in [0, 0.05) is 20.1 Å². The Hall–Kier alpha value is -2.49. The second-order valence-electron chi connectivity index (χ2n) is 3.65. The van der Waals surface area contributed by atoms with Crippen molar-refractivity contribution in [2.24, 2.45) is 0 Å². The van der Waals surface area contributed by atoms with Gasteiger partial charge in [-0.3, -0.25) is 10.1 Å². The summed E-state index contributed by atoms with van der Waals surface area (Å²) in [6.07, 6.45) is 1.17. The summed E-state index contributed by atoms with van der Waals surface area (Å²) in [6, 6.07) is -1.08. The molecule has 0 radical (unpaired) electrons. The van der Waals surface area contributed by atoms with Crippen molar-refractivity contribution in [3.05, 3.63) is 16.4 Å². The Kier molecular flexibility index (Phi) is 5.59. The number of nitro groups is 1. The van der Waals surface area contributed by atoms with Crippen molar-refractivity contribution in [2.75, 3.05) is 26.1 Å². The Bertz CT molecular complexity index is 495. The lowest BCUT2D eigenvalue weighted by atomic mass is 10.2. The lowest BCUT2D eigenvalue weighted by molar-refractivity contribution is -0.385. The second-order valence-corrected chi connectivity index (χ2v) is 3.65. The Morgan fingerprint density at radius 2 is 2.25 bits per heavy atom. The average Bonchev–Trinajstić information content (AvgIpc) is 2.42. The molecular weight excluding hydrogens is 272 g/mol. The molecule has 0 spiro atoms. The highest BCUT2D eigenvalue weighted by atomic mass is 16.6. The number of hydrogen-bond donors (Lipinski definition) is 2. The molecule has 0 saturated carbocycles. The first kappa shape index (κ1) is 15.6. The van der Waals surface area contributed by atoms with Crippen molar-refractivity contribution >= 4 is 17.5 Å². The van der Waals surface area contributed by atoms with E-state index in [4.69, 9.17) is 14.6 Å². The number of methoxy groups -OCH3 is 2. The molecule has 0 saturated heterocycles. The first-order valence-electron chi connectivity index (χ1n) is 5.52. The highest BCUT2D eigenvalue weighted by Crippen LogP contribution is 2.30. The standard InChI is InChI=1S/C10H14N4O6/c1-19-4-3-6(10(15)16)13-8-7(14(17)18)9(20-2)12-5-11-8/h5-6H,3-4H2,1-2H3,(H,15,16)(H,11,12,13). The van der Waals surface area contributed by atoms with E-state index >= 15 is 0 Å². The summed E-state index contributed by atoms with van der Waals surface area (Å²) >= 11 is 0. The van der Waals surface area contributed by atoms with Gasteiger partial charge in [0.1, 0.15) is 12.4 Å². The summed E-state index contributed by atoms with van der Waals surface area (Å²) in [4.78, 5) is 28.6. The van der Waals surface area contributed by atoms with Crippen LogP contribution < -0.4 is 10.1 Å². The largest absolute Gasteiger partial charge is 0.480 e. The molecule has 0 fully saturated rings. The minimum atomic E-state index is -1.17. The van der Waals surface area contributed by atoms with E-state index in [-0.39, 0.29) is 24.7 Å². The van der Waals surface area contributed by atoms with Crippen LogP contribution in [-0.2, 0) is 9.53 Å². The quantitative estimate of drug-likeness (QED) is 0.510. The van der Waals surface area contributed by atoms with Crippen molar-refractivity contribution in [3.8, 4) is 5.88 Å². The van der Waals surface area contributed by atoms with Crippen LogP contribution in [0.25, 0.3) is 0 Å². The van der Waals surface area contributed by atoms with Gasteiger partial charge in [-0.15, -0.1) is 0 Å². The van der Waals surface area contributed by atoms with Crippen LogP contribution in [0, 0.1) is 10.1 Å². The number of nitrogens with zero attached hydrogens (tertiary/aromatic N) is 3. The SMILES string of the molecule is COCCC(Nc1ncnc(OC)c1[N+](=O)[O-])C(=O)O. The number of carbonyl (C=O) groups is 1. The summed E-state index contributed by atoms with van der Waals surface area (Å²) in [7, 11) is 2.65. The van der Waals surface area contributed by atoms with Crippen LogP contribution in [0.2, 0.25) is 0 Å².